The highest BCUT2D eigenvalue weighted by Gasteiger charge is 2.13. The van der Waals surface area contributed by atoms with Crippen molar-refractivity contribution in [3.05, 3.63) is 47.8 Å². The molecule has 0 unspecified atom stereocenters. The van der Waals surface area contributed by atoms with Gasteiger partial charge in [-0.3, -0.25) is 14.3 Å². The van der Waals surface area contributed by atoms with Gasteiger partial charge in [-0.05, 0) is 30.2 Å². The summed E-state index contributed by atoms with van der Waals surface area (Å²) in [5, 5.41) is 15.4. The second-order valence-electron chi connectivity index (χ2n) is 4.59. The van der Waals surface area contributed by atoms with E-state index in [2.05, 4.69) is 17.3 Å². The molecule has 1 amide bonds. The van der Waals surface area contributed by atoms with Crippen LogP contribution < -0.4 is 5.32 Å². The van der Waals surface area contributed by atoms with E-state index in [0.717, 1.165) is 6.42 Å². The van der Waals surface area contributed by atoms with Crippen molar-refractivity contribution in [3.8, 4) is 0 Å². The molecular weight excluding hydrogens is 270 g/mol. The lowest BCUT2D eigenvalue weighted by Gasteiger charge is -2.08. The van der Waals surface area contributed by atoms with Crippen LogP contribution in [0.3, 0.4) is 0 Å². The van der Waals surface area contributed by atoms with Gasteiger partial charge in [0.1, 0.15) is 5.69 Å². The molecule has 110 valence electrons. The molecule has 6 heteroatoms. The summed E-state index contributed by atoms with van der Waals surface area (Å²) in [5.74, 6) is -1.23. The summed E-state index contributed by atoms with van der Waals surface area (Å²) in [4.78, 5) is 22.8. The first kappa shape index (κ1) is 14.8. The minimum Gasteiger partial charge on any atom is -0.481 e. The number of benzene rings is 1. The van der Waals surface area contributed by atoms with Crippen molar-refractivity contribution in [1.29, 1.82) is 0 Å². The second kappa shape index (κ2) is 6.69. The molecule has 0 bridgehead atoms. The van der Waals surface area contributed by atoms with Gasteiger partial charge in [0.25, 0.3) is 5.91 Å². The molecule has 0 aliphatic rings. The molecule has 0 saturated heterocycles. The van der Waals surface area contributed by atoms with E-state index in [9.17, 15) is 9.59 Å². The highest BCUT2D eigenvalue weighted by molar-refractivity contribution is 6.03. The van der Waals surface area contributed by atoms with Crippen LogP contribution in [0.5, 0.6) is 0 Å². The van der Waals surface area contributed by atoms with Crippen molar-refractivity contribution in [1.82, 2.24) is 9.78 Å². The van der Waals surface area contributed by atoms with Gasteiger partial charge in [0.15, 0.2) is 0 Å². The maximum Gasteiger partial charge on any atom is 0.305 e. The maximum atomic E-state index is 12.2. The van der Waals surface area contributed by atoms with E-state index in [1.54, 1.807) is 6.07 Å². The van der Waals surface area contributed by atoms with Gasteiger partial charge in [-0.1, -0.05) is 19.1 Å². The van der Waals surface area contributed by atoms with E-state index >= 15 is 0 Å². The first-order valence-electron chi connectivity index (χ1n) is 6.74. The monoisotopic (exact) mass is 287 g/mol. The predicted octanol–water partition coefficient (Wildman–Crippen LogP) is 2.17. The summed E-state index contributed by atoms with van der Waals surface area (Å²) in [6, 6.07) is 9.16. The van der Waals surface area contributed by atoms with Gasteiger partial charge in [-0.25, -0.2) is 0 Å². The minimum absolute atomic E-state index is 0.0762. The van der Waals surface area contributed by atoms with Crippen LogP contribution in [-0.4, -0.2) is 26.8 Å². The summed E-state index contributed by atoms with van der Waals surface area (Å²) in [6.07, 6.45) is 2.35. The Bertz CT molecular complexity index is 632. The minimum atomic E-state index is -0.924. The molecular formula is C15H17N3O3. The number of rotatable bonds is 6. The lowest BCUT2D eigenvalue weighted by atomic mass is 10.1. The first-order chi connectivity index (χ1) is 10.1. The standard InChI is InChI=1S/C15H17N3O3/c1-2-11-3-5-12(6-4-11)17-15(21)13-7-9-16-18(13)10-8-14(19)20/h3-7,9H,2,8,10H2,1H3,(H,17,21)(H,19,20). The molecule has 6 nitrogen and oxygen atoms in total. The van der Waals surface area contributed by atoms with Gasteiger partial charge in [-0.15, -0.1) is 0 Å². The van der Waals surface area contributed by atoms with Crippen LogP contribution in [0.25, 0.3) is 0 Å². The lowest BCUT2D eigenvalue weighted by molar-refractivity contribution is -0.137. The van der Waals surface area contributed by atoms with E-state index in [1.165, 1.54) is 16.4 Å². The van der Waals surface area contributed by atoms with Gasteiger partial charge in [-0.2, -0.15) is 5.10 Å². The summed E-state index contributed by atoms with van der Waals surface area (Å²) >= 11 is 0. The topological polar surface area (TPSA) is 84.2 Å². The number of hydrogen-bond acceptors (Lipinski definition) is 3. The van der Waals surface area contributed by atoms with Crippen molar-refractivity contribution in [2.75, 3.05) is 5.32 Å². The van der Waals surface area contributed by atoms with Crippen molar-refractivity contribution in [2.24, 2.45) is 0 Å². The number of amides is 1. The molecule has 0 radical (unpaired) electrons. The van der Waals surface area contributed by atoms with Crippen molar-refractivity contribution < 1.29 is 14.7 Å². The molecule has 0 atom stereocenters. The highest BCUT2D eigenvalue weighted by Crippen LogP contribution is 2.12. The van der Waals surface area contributed by atoms with Gasteiger partial charge in [0.05, 0.1) is 13.0 Å². The number of carboxylic acid groups (broad SMARTS) is 1. The Balaban J connectivity index is 2.05. The SMILES string of the molecule is CCc1ccc(NC(=O)c2ccnn2CCC(=O)O)cc1. The van der Waals surface area contributed by atoms with Gasteiger partial charge < -0.3 is 10.4 Å². The lowest BCUT2D eigenvalue weighted by Crippen LogP contribution is -2.18. The molecule has 0 aliphatic heterocycles. The quantitative estimate of drug-likeness (QED) is 0.852. The summed E-state index contributed by atoms with van der Waals surface area (Å²) in [7, 11) is 0. The Morgan fingerprint density at radius 3 is 2.57 bits per heavy atom. The average molecular weight is 287 g/mol. The van der Waals surface area contributed by atoms with Crippen LogP contribution in [0.2, 0.25) is 0 Å². The summed E-state index contributed by atoms with van der Waals surface area (Å²) in [5.41, 5.74) is 2.23. The number of hydrogen-bond donors (Lipinski definition) is 2. The van der Waals surface area contributed by atoms with Crippen molar-refractivity contribution >= 4 is 17.6 Å². The Morgan fingerprint density at radius 2 is 1.95 bits per heavy atom. The number of nitrogens with one attached hydrogen (secondary N) is 1. The molecule has 0 fully saturated rings. The average Bonchev–Trinajstić information content (AvgIpc) is 2.94. The molecule has 21 heavy (non-hydrogen) atoms. The fourth-order valence-corrected chi connectivity index (χ4v) is 1.92. The Kier molecular flexibility index (Phi) is 4.71. The number of aliphatic carboxylic acids is 1. The van der Waals surface area contributed by atoms with Crippen molar-refractivity contribution in [3.63, 3.8) is 0 Å². The first-order valence-corrected chi connectivity index (χ1v) is 6.74. The Morgan fingerprint density at radius 1 is 1.24 bits per heavy atom. The second-order valence-corrected chi connectivity index (χ2v) is 4.59. The van der Waals surface area contributed by atoms with Crippen LogP contribution in [0.15, 0.2) is 36.5 Å². The zero-order valence-electron chi connectivity index (χ0n) is 11.7. The van der Waals surface area contributed by atoms with Crippen LogP contribution in [0.1, 0.15) is 29.4 Å². The largest absolute Gasteiger partial charge is 0.481 e. The predicted molar refractivity (Wildman–Crippen MR) is 78.3 cm³/mol. The number of carbonyl (C=O) groups is 2. The number of carbonyl (C=O) groups excluding carboxylic acids is 1. The fraction of sp³-hybridized carbons (Fsp3) is 0.267. The molecule has 0 aliphatic carbocycles. The number of anilines is 1. The molecule has 2 N–H and O–H groups in total. The number of carboxylic acids is 1. The van der Waals surface area contributed by atoms with E-state index in [-0.39, 0.29) is 18.9 Å². The Labute approximate surface area is 122 Å². The zero-order valence-corrected chi connectivity index (χ0v) is 11.7. The third kappa shape index (κ3) is 3.92. The third-order valence-electron chi connectivity index (χ3n) is 3.11. The molecule has 2 aromatic rings. The number of nitrogens with zero attached hydrogens (tertiary/aromatic N) is 2. The number of aromatic nitrogens is 2. The Hall–Kier alpha value is -2.63. The van der Waals surface area contributed by atoms with E-state index in [1.807, 2.05) is 24.3 Å². The normalized spacial score (nSPS) is 10.3. The molecule has 1 aromatic carbocycles. The van der Waals surface area contributed by atoms with E-state index < -0.39 is 5.97 Å². The van der Waals surface area contributed by atoms with Crippen LogP contribution in [-0.2, 0) is 17.8 Å². The zero-order chi connectivity index (χ0) is 15.2. The summed E-state index contributed by atoms with van der Waals surface area (Å²) in [6.45, 7) is 2.23. The van der Waals surface area contributed by atoms with Crippen LogP contribution >= 0.6 is 0 Å². The van der Waals surface area contributed by atoms with Crippen LogP contribution in [0.4, 0.5) is 5.69 Å². The molecule has 2 rings (SSSR count). The smallest absolute Gasteiger partial charge is 0.305 e. The molecule has 1 aromatic heterocycles. The molecule has 0 spiro atoms. The fourth-order valence-electron chi connectivity index (χ4n) is 1.92. The van der Waals surface area contributed by atoms with Gasteiger partial charge >= 0.3 is 5.97 Å². The number of aryl methyl sites for hydroxylation is 2. The van der Waals surface area contributed by atoms with E-state index in [0.29, 0.717) is 11.4 Å². The van der Waals surface area contributed by atoms with Crippen molar-refractivity contribution in [2.45, 2.75) is 26.3 Å². The van der Waals surface area contributed by atoms with Gasteiger partial charge in [0, 0.05) is 11.9 Å². The molecule has 0 saturated carbocycles. The maximum absolute atomic E-state index is 12.2. The summed E-state index contributed by atoms with van der Waals surface area (Å²) < 4.78 is 1.39. The molecule has 1 heterocycles. The third-order valence-corrected chi connectivity index (χ3v) is 3.11. The highest BCUT2D eigenvalue weighted by atomic mass is 16.4. The van der Waals surface area contributed by atoms with Crippen LogP contribution in [0, 0.1) is 0 Å². The van der Waals surface area contributed by atoms with E-state index in [4.69, 9.17) is 5.11 Å². The van der Waals surface area contributed by atoms with Gasteiger partial charge in [0.2, 0.25) is 0 Å².